The Kier molecular flexibility index (Phi) is 8.21. The van der Waals surface area contributed by atoms with Crippen molar-refractivity contribution in [1.82, 2.24) is 25.3 Å². The molecule has 9 nitrogen and oxygen atoms in total. The zero-order chi connectivity index (χ0) is 28.3. The van der Waals surface area contributed by atoms with Crippen molar-refractivity contribution < 1.29 is 22.7 Å². The van der Waals surface area contributed by atoms with Gasteiger partial charge in [0.25, 0.3) is 5.91 Å². The minimum absolute atomic E-state index is 0.0343. The lowest BCUT2D eigenvalue weighted by molar-refractivity contribution is -0.137. The molecule has 0 fully saturated rings. The van der Waals surface area contributed by atoms with Gasteiger partial charge < -0.3 is 20.7 Å². The van der Waals surface area contributed by atoms with Crippen molar-refractivity contribution >= 4 is 28.1 Å². The third-order valence-corrected chi connectivity index (χ3v) is 6.87. The molecule has 4 rings (SSSR count). The number of benzene rings is 2. The molecule has 39 heavy (non-hydrogen) atoms. The van der Waals surface area contributed by atoms with Crippen molar-refractivity contribution in [3.05, 3.63) is 65.0 Å². The van der Waals surface area contributed by atoms with Gasteiger partial charge in [-0.3, -0.25) is 4.79 Å². The van der Waals surface area contributed by atoms with Crippen molar-refractivity contribution in [2.45, 2.75) is 39.5 Å². The van der Waals surface area contributed by atoms with Gasteiger partial charge in [-0.25, -0.2) is 9.67 Å². The third kappa shape index (κ3) is 6.37. The van der Waals surface area contributed by atoms with Gasteiger partial charge in [-0.1, -0.05) is 36.5 Å². The number of nitrogens with one attached hydrogen (secondary N) is 3. The van der Waals surface area contributed by atoms with Gasteiger partial charge in [-0.05, 0) is 36.8 Å². The highest BCUT2D eigenvalue weighted by atomic mass is 32.1. The van der Waals surface area contributed by atoms with E-state index in [0.717, 1.165) is 27.7 Å². The van der Waals surface area contributed by atoms with E-state index < -0.39 is 17.6 Å². The first kappa shape index (κ1) is 28.0. The summed E-state index contributed by atoms with van der Waals surface area (Å²) in [4.78, 5) is 18.3. The summed E-state index contributed by atoms with van der Waals surface area (Å²) in [7, 11) is 3.13. The van der Waals surface area contributed by atoms with E-state index in [4.69, 9.17) is 4.74 Å². The van der Waals surface area contributed by atoms with Crippen molar-refractivity contribution in [3.8, 4) is 22.0 Å². The number of aromatic nitrogens is 4. The number of alkyl halides is 3. The first-order valence-corrected chi connectivity index (χ1v) is 12.8. The summed E-state index contributed by atoms with van der Waals surface area (Å²) in [5.41, 5.74) is 1.57. The summed E-state index contributed by atoms with van der Waals surface area (Å²) in [6.07, 6.45) is -1.19. The SMILES string of the molecule is CNc1ncc(-c2cn(-c3cc(C(=O)Nc4cc(C(F)(F)F)cc(CNC(C)C)c4OC)ccc3C)nn2)s1. The van der Waals surface area contributed by atoms with E-state index >= 15 is 0 Å². The zero-order valence-electron chi connectivity index (χ0n) is 22.0. The van der Waals surface area contributed by atoms with Crippen molar-refractivity contribution in [3.63, 3.8) is 0 Å². The number of rotatable bonds is 9. The van der Waals surface area contributed by atoms with Crippen LogP contribution >= 0.6 is 11.3 Å². The molecule has 0 spiro atoms. The third-order valence-electron chi connectivity index (χ3n) is 5.83. The van der Waals surface area contributed by atoms with Gasteiger partial charge in [0.05, 0.1) is 35.1 Å². The predicted molar refractivity (Wildman–Crippen MR) is 145 cm³/mol. The Morgan fingerprint density at radius 1 is 1.21 bits per heavy atom. The number of anilines is 2. The largest absolute Gasteiger partial charge is 0.494 e. The summed E-state index contributed by atoms with van der Waals surface area (Å²) >= 11 is 1.42. The van der Waals surface area contributed by atoms with Gasteiger partial charge in [0.1, 0.15) is 11.4 Å². The molecule has 0 bridgehead atoms. The first-order valence-electron chi connectivity index (χ1n) is 12.0. The molecule has 0 aliphatic heterocycles. The Balaban J connectivity index is 1.66. The number of amides is 1. The molecule has 0 aliphatic carbocycles. The molecule has 0 radical (unpaired) electrons. The molecule has 3 N–H and O–H groups in total. The number of carbonyl (C=O) groups excluding carboxylic acids is 1. The molecule has 2 heterocycles. The summed E-state index contributed by atoms with van der Waals surface area (Å²) in [5.74, 6) is -0.443. The van der Waals surface area contributed by atoms with Gasteiger partial charge in [-0.15, -0.1) is 5.10 Å². The van der Waals surface area contributed by atoms with Gasteiger partial charge in [0.2, 0.25) is 0 Å². The van der Waals surface area contributed by atoms with Crippen LogP contribution in [0, 0.1) is 6.92 Å². The summed E-state index contributed by atoms with van der Waals surface area (Å²) in [6.45, 7) is 5.75. The number of methoxy groups -OCH3 is 1. The van der Waals surface area contributed by atoms with Crippen molar-refractivity contribution in [2.75, 3.05) is 24.8 Å². The summed E-state index contributed by atoms with van der Waals surface area (Å²) < 4.78 is 48.0. The fourth-order valence-electron chi connectivity index (χ4n) is 3.83. The van der Waals surface area contributed by atoms with E-state index in [0.29, 0.717) is 11.4 Å². The molecule has 2 aromatic carbocycles. The molecule has 0 unspecified atom stereocenters. The topological polar surface area (TPSA) is 106 Å². The van der Waals surface area contributed by atoms with Crippen LogP contribution in [0.4, 0.5) is 24.0 Å². The average Bonchev–Trinajstić information content (AvgIpc) is 3.56. The molecule has 0 saturated carbocycles. The number of halogens is 3. The molecule has 0 aliphatic rings. The Morgan fingerprint density at radius 2 is 1.97 bits per heavy atom. The predicted octanol–water partition coefficient (Wildman–Crippen LogP) is 5.52. The average molecular weight is 560 g/mol. The monoisotopic (exact) mass is 559 g/mol. The second kappa shape index (κ2) is 11.4. The van der Waals surface area contributed by atoms with E-state index in [-0.39, 0.29) is 35.2 Å². The fourth-order valence-corrected chi connectivity index (χ4v) is 4.55. The number of thiazole rings is 1. The highest BCUT2D eigenvalue weighted by Gasteiger charge is 2.33. The molecular weight excluding hydrogens is 531 g/mol. The molecule has 0 atom stereocenters. The lowest BCUT2D eigenvalue weighted by atomic mass is 10.1. The van der Waals surface area contributed by atoms with E-state index in [9.17, 15) is 18.0 Å². The van der Waals surface area contributed by atoms with Crippen LogP contribution < -0.4 is 20.7 Å². The van der Waals surface area contributed by atoms with E-state index in [1.165, 1.54) is 18.4 Å². The van der Waals surface area contributed by atoms with Crippen LogP contribution in [-0.4, -0.2) is 46.1 Å². The summed E-state index contributed by atoms with van der Waals surface area (Å²) in [5, 5.41) is 17.8. The molecular formula is C26H28F3N7O2S. The molecule has 1 amide bonds. The molecule has 4 aromatic rings. The van der Waals surface area contributed by atoms with Crippen LogP contribution in [0.5, 0.6) is 5.75 Å². The van der Waals surface area contributed by atoms with E-state index in [1.807, 2.05) is 20.8 Å². The van der Waals surface area contributed by atoms with Gasteiger partial charge in [-0.2, -0.15) is 13.2 Å². The lowest BCUT2D eigenvalue weighted by Gasteiger charge is -2.19. The van der Waals surface area contributed by atoms with Crippen LogP contribution in [0.15, 0.2) is 42.7 Å². The van der Waals surface area contributed by atoms with E-state index in [1.54, 1.807) is 42.3 Å². The molecule has 0 saturated heterocycles. The number of ether oxygens (including phenoxy) is 1. The number of hydrogen-bond acceptors (Lipinski definition) is 8. The van der Waals surface area contributed by atoms with Crippen molar-refractivity contribution in [1.29, 1.82) is 0 Å². The number of hydrogen-bond donors (Lipinski definition) is 3. The van der Waals surface area contributed by atoms with Crippen LogP contribution in [-0.2, 0) is 12.7 Å². The minimum Gasteiger partial charge on any atom is -0.494 e. The molecule has 13 heteroatoms. The van der Waals surface area contributed by atoms with Gasteiger partial charge in [0, 0.05) is 37.0 Å². The van der Waals surface area contributed by atoms with Crippen LogP contribution in [0.3, 0.4) is 0 Å². The second-order valence-corrected chi connectivity index (χ2v) is 10.1. The van der Waals surface area contributed by atoms with Crippen molar-refractivity contribution in [2.24, 2.45) is 0 Å². The Labute approximate surface area is 227 Å². The van der Waals surface area contributed by atoms with Gasteiger partial charge in [0.15, 0.2) is 5.13 Å². The lowest BCUT2D eigenvalue weighted by Crippen LogP contribution is -2.23. The first-order chi connectivity index (χ1) is 18.5. The van der Waals surface area contributed by atoms with E-state index in [2.05, 4.69) is 31.2 Å². The Hall–Kier alpha value is -3.97. The smallest absolute Gasteiger partial charge is 0.416 e. The standard InChI is InChI=1S/C26H28F3N7O2S/c1-14(2)31-11-17-8-18(26(27,28)29)10-19(23(17)38-5)33-24(37)16-7-6-15(3)21(9-16)36-13-20(34-35-36)22-12-32-25(30-4)39-22/h6-10,12-14,31H,11H2,1-5H3,(H,30,32)(H,33,37). The maximum absolute atomic E-state index is 13.7. The quantitative estimate of drug-likeness (QED) is 0.248. The second-order valence-electron chi connectivity index (χ2n) is 9.03. The van der Waals surface area contributed by atoms with Crippen LogP contribution in [0.25, 0.3) is 16.3 Å². The number of nitrogens with zero attached hydrogens (tertiary/aromatic N) is 4. The Morgan fingerprint density at radius 3 is 2.62 bits per heavy atom. The zero-order valence-corrected chi connectivity index (χ0v) is 22.8. The van der Waals surface area contributed by atoms with Crippen LogP contribution in [0.1, 0.15) is 40.9 Å². The Bertz CT molecular complexity index is 1480. The molecule has 2 aromatic heterocycles. The number of aryl methyl sites for hydroxylation is 1. The maximum Gasteiger partial charge on any atom is 0.416 e. The molecule has 206 valence electrons. The summed E-state index contributed by atoms with van der Waals surface area (Å²) in [6, 6.07) is 6.87. The normalized spacial score (nSPS) is 11.6. The van der Waals surface area contributed by atoms with Crippen LogP contribution in [0.2, 0.25) is 0 Å². The van der Waals surface area contributed by atoms with Gasteiger partial charge >= 0.3 is 6.18 Å². The number of carbonyl (C=O) groups is 1. The fraction of sp³-hybridized carbons (Fsp3) is 0.308. The highest BCUT2D eigenvalue weighted by molar-refractivity contribution is 7.18. The minimum atomic E-state index is -4.60. The highest BCUT2D eigenvalue weighted by Crippen LogP contribution is 2.38. The maximum atomic E-state index is 13.7.